The van der Waals surface area contributed by atoms with E-state index < -0.39 is 32.5 Å². The molecule has 60 heavy (non-hydrogen) atoms. The van der Waals surface area contributed by atoms with Crippen LogP contribution < -0.4 is 4.89 Å². The van der Waals surface area contributed by atoms with Crippen LogP contribution in [0.25, 0.3) is 0 Å². The lowest BCUT2D eigenvalue weighted by molar-refractivity contribution is -0.870. The fraction of sp³-hybridized carbons (Fsp3) is 0.800. The lowest BCUT2D eigenvalue weighted by Gasteiger charge is -2.28. The van der Waals surface area contributed by atoms with Crippen LogP contribution in [-0.2, 0) is 32.7 Å². The number of rotatable bonds is 44. The fourth-order valence-corrected chi connectivity index (χ4v) is 7.26. The Kier molecular flexibility index (Phi) is 40.8. The van der Waals surface area contributed by atoms with Gasteiger partial charge in [0.15, 0.2) is 6.10 Å². The Bertz CT molecular complexity index is 1160. The molecular formula is C50H92NO8P. The van der Waals surface area contributed by atoms with Crippen molar-refractivity contribution in [1.29, 1.82) is 0 Å². The van der Waals surface area contributed by atoms with Gasteiger partial charge in [0.1, 0.15) is 19.8 Å². The number of likely N-dealkylation sites (N-methyl/N-ethyl adjacent to an activating group) is 1. The van der Waals surface area contributed by atoms with Crippen molar-refractivity contribution in [3.8, 4) is 0 Å². The molecule has 0 aromatic heterocycles. The molecule has 0 N–H and O–H groups in total. The molecule has 0 saturated carbocycles. The molecule has 9 nitrogen and oxygen atoms in total. The molecule has 0 fully saturated rings. The van der Waals surface area contributed by atoms with E-state index in [9.17, 15) is 19.0 Å². The number of hydrogen-bond acceptors (Lipinski definition) is 8. The Labute approximate surface area is 369 Å². The molecule has 0 aromatic rings. The smallest absolute Gasteiger partial charge is 0.306 e. The number of allylic oxidation sites excluding steroid dienone is 8. The Morgan fingerprint density at radius 1 is 0.517 bits per heavy atom. The van der Waals surface area contributed by atoms with Crippen LogP contribution in [0.2, 0.25) is 0 Å². The van der Waals surface area contributed by atoms with Gasteiger partial charge in [0.25, 0.3) is 7.82 Å². The average molecular weight is 866 g/mol. The normalized spacial score (nSPS) is 13.9. The number of carbonyl (C=O) groups is 2. The number of nitrogens with zero attached hydrogens (tertiary/aromatic N) is 1. The second kappa shape index (κ2) is 42.3. The zero-order valence-electron chi connectivity index (χ0n) is 39.4. The third-order valence-electron chi connectivity index (χ3n) is 10.4. The molecule has 0 aliphatic rings. The lowest BCUT2D eigenvalue weighted by atomic mass is 10.0. The summed E-state index contributed by atoms with van der Waals surface area (Å²) < 4.78 is 33.9. The van der Waals surface area contributed by atoms with Crippen molar-refractivity contribution in [3.05, 3.63) is 48.6 Å². The summed E-state index contributed by atoms with van der Waals surface area (Å²) in [5.41, 5.74) is 0. The van der Waals surface area contributed by atoms with Crippen molar-refractivity contribution in [2.24, 2.45) is 0 Å². The van der Waals surface area contributed by atoms with Gasteiger partial charge in [0, 0.05) is 12.8 Å². The van der Waals surface area contributed by atoms with Gasteiger partial charge in [0.05, 0.1) is 27.7 Å². The van der Waals surface area contributed by atoms with E-state index >= 15 is 0 Å². The van der Waals surface area contributed by atoms with E-state index in [4.69, 9.17) is 18.5 Å². The third kappa shape index (κ3) is 45.5. The highest BCUT2D eigenvalue weighted by molar-refractivity contribution is 7.45. The molecule has 10 heteroatoms. The van der Waals surface area contributed by atoms with E-state index in [0.29, 0.717) is 23.9 Å². The van der Waals surface area contributed by atoms with Crippen LogP contribution in [0.3, 0.4) is 0 Å². The first kappa shape index (κ1) is 58.0. The molecule has 0 aromatic carbocycles. The summed E-state index contributed by atoms with van der Waals surface area (Å²) in [6.07, 6.45) is 50.0. The monoisotopic (exact) mass is 866 g/mol. The van der Waals surface area contributed by atoms with Gasteiger partial charge in [-0.2, -0.15) is 0 Å². The van der Waals surface area contributed by atoms with Crippen molar-refractivity contribution in [3.63, 3.8) is 0 Å². The van der Waals surface area contributed by atoms with Crippen LogP contribution in [0.15, 0.2) is 48.6 Å². The maximum absolute atomic E-state index is 12.7. The zero-order valence-corrected chi connectivity index (χ0v) is 40.3. The van der Waals surface area contributed by atoms with Crippen LogP contribution in [-0.4, -0.2) is 70.0 Å². The van der Waals surface area contributed by atoms with Gasteiger partial charge in [-0.1, -0.05) is 191 Å². The zero-order chi connectivity index (χ0) is 44.3. The van der Waals surface area contributed by atoms with Crippen LogP contribution in [0.1, 0.15) is 206 Å². The highest BCUT2D eigenvalue weighted by atomic mass is 31.2. The van der Waals surface area contributed by atoms with Gasteiger partial charge < -0.3 is 27.9 Å². The van der Waals surface area contributed by atoms with Gasteiger partial charge in [-0.15, -0.1) is 0 Å². The van der Waals surface area contributed by atoms with Gasteiger partial charge in [-0.3, -0.25) is 14.2 Å². The lowest BCUT2D eigenvalue weighted by Crippen LogP contribution is -2.37. The standard InChI is InChI=1S/C50H92NO8P/c1-6-8-10-12-14-16-18-20-22-24-25-27-29-31-33-35-37-39-41-43-50(53)59-48(47-58-60(54,55)57-45-44-51(3,4)5)46-56-49(52)42-40-38-36-34-32-30-28-26-23-21-19-17-15-13-11-9-7-2/h15,17,21,23,28,30,34,36,48H,6-14,16,18-20,22,24-27,29,31-33,35,37-47H2,1-5H3/b17-15+,23-21+,30-28+,36-34+/t48-/m1/s1. The quantitative estimate of drug-likeness (QED) is 0.0196. The second-order valence-electron chi connectivity index (χ2n) is 17.5. The summed E-state index contributed by atoms with van der Waals surface area (Å²) in [5, 5.41) is 0. The van der Waals surface area contributed by atoms with Crippen molar-refractivity contribution >= 4 is 19.8 Å². The summed E-state index contributed by atoms with van der Waals surface area (Å²) in [7, 11) is 1.14. The molecule has 350 valence electrons. The summed E-state index contributed by atoms with van der Waals surface area (Å²) >= 11 is 0. The minimum absolute atomic E-state index is 0.0391. The number of esters is 2. The summed E-state index contributed by atoms with van der Waals surface area (Å²) in [5.74, 6) is -0.894. The first-order chi connectivity index (χ1) is 29.0. The first-order valence-electron chi connectivity index (χ1n) is 24.3. The van der Waals surface area contributed by atoms with Crippen molar-refractivity contribution < 1.29 is 42.1 Å². The van der Waals surface area contributed by atoms with E-state index in [2.05, 4.69) is 62.5 Å². The molecule has 0 heterocycles. The highest BCUT2D eigenvalue weighted by Crippen LogP contribution is 2.38. The molecule has 2 atom stereocenters. The number of phosphoric acid groups is 1. The van der Waals surface area contributed by atoms with Crippen molar-refractivity contribution in [1.82, 2.24) is 0 Å². The fourth-order valence-electron chi connectivity index (χ4n) is 6.53. The predicted octanol–water partition coefficient (Wildman–Crippen LogP) is 13.6. The number of quaternary nitrogens is 1. The van der Waals surface area contributed by atoms with E-state index in [1.807, 2.05) is 21.1 Å². The van der Waals surface area contributed by atoms with Gasteiger partial charge in [-0.25, -0.2) is 0 Å². The number of phosphoric ester groups is 1. The van der Waals surface area contributed by atoms with Gasteiger partial charge in [0.2, 0.25) is 0 Å². The number of carbonyl (C=O) groups excluding carboxylic acids is 2. The molecule has 0 bridgehead atoms. The van der Waals surface area contributed by atoms with E-state index in [0.717, 1.165) is 44.9 Å². The second-order valence-corrected chi connectivity index (χ2v) is 18.9. The summed E-state index contributed by atoms with van der Waals surface area (Å²) in [6.45, 7) is 4.16. The number of hydrogen-bond donors (Lipinski definition) is 0. The first-order valence-corrected chi connectivity index (χ1v) is 25.8. The van der Waals surface area contributed by atoms with Gasteiger partial charge >= 0.3 is 11.9 Å². The number of unbranched alkanes of at least 4 members (excludes halogenated alkanes) is 22. The van der Waals surface area contributed by atoms with Gasteiger partial charge in [-0.05, 0) is 51.4 Å². The molecule has 0 aliphatic carbocycles. The predicted molar refractivity (Wildman–Crippen MR) is 250 cm³/mol. The summed E-state index contributed by atoms with van der Waals surface area (Å²) in [6, 6.07) is 0. The minimum atomic E-state index is -4.64. The Balaban J connectivity index is 4.36. The minimum Gasteiger partial charge on any atom is -0.756 e. The van der Waals surface area contributed by atoms with E-state index in [-0.39, 0.29) is 26.1 Å². The van der Waals surface area contributed by atoms with Crippen LogP contribution >= 0.6 is 7.82 Å². The van der Waals surface area contributed by atoms with Crippen LogP contribution in [0.4, 0.5) is 0 Å². The molecule has 0 spiro atoms. The summed E-state index contributed by atoms with van der Waals surface area (Å²) in [4.78, 5) is 37.6. The van der Waals surface area contributed by atoms with E-state index in [1.165, 1.54) is 122 Å². The molecular weight excluding hydrogens is 774 g/mol. The molecule has 1 unspecified atom stereocenters. The number of ether oxygens (including phenoxy) is 2. The topological polar surface area (TPSA) is 111 Å². The van der Waals surface area contributed by atoms with E-state index in [1.54, 1.807) is 0 Å². The largest absolute Gasteiger partial charge is 0.756 e. The molecule has 0 saturated heterocycles. The maximum Gasteiger partial charge on any atom is 0.306 e. The van der Waals surface area contributed by atoms with Crippen molar-refractivity contribution in [2.75, 3.05) is 47.5 Å². The highest BCUT2D eigenvalue weighted by Gasteiger charge is 2.21. The maximum atomic E-state index is 12.7. The molecule has 0 rings (SSSR count). The van der Waals surface area contributed by atoms with Crippen LogP contribution in [0.5, 0.6) is 0 Å². The Morgan fingerprint density at radius 3 is 1.38 bits per heavy atom. The molecule has 0 radical (unpaired) electrons. The molecule has 0 amide bonds. The Hall–Kier alpha value is -2.03. The molecule has 0 aliphatic heterocycles. The third-order valence-corrected chi connectivity index (χ3v) is 11.3. The van der Waals surface area contributed by atoms with Crippen molar-refractivity contribution in [2.45, 2.75) is 213 Å². The van der Waals surface area contributed by atoms with Crippen LogP contribution in [0, 0.1) is 0 Å². The SMILES string of the molecule is CCCCC/C=C/C/C=C/C/C=C/C/C=C/CCCC(=O)OC[C@H](COP(=O)([O-])OCC[N+](C)(C)C)OC(=O)CCCCCCCCCCCCCCCCCCCCC. The average Bonchev–Trinajstić information content (AvgIpc) is 3.20. The Morgan fingerprint density at radius 2 is 0.917 bits per heavy atom.